The molecule has 0 fully saturated rings. The molecule has 2 amide bonds. The van der Waals surface area contributed by atoms with Crippen LogP contribution in [0.5, 0.6) is 0 Å². The molecule has 134 valence electrons. The summed E-state index contributed by atoms with van der Waals surface area (Å²) in [6.07, 6.45) is 0. The summed E-state index contributed by atoms with van der Waals surface area (Å²) < 4.78 is 1.92. The minimum Gasteiger partial charge on any atom is -0.334 e. The van der Waals surface area contributed by atoms with Crippen molar-refractivity contribution in [1.29, 1.82) is 0 Å². The molecule has 3 aromatic rings. The Hall–Kier alpha value is -3.08. The highest BCUT2D eigenvalue weighted by Crippen LogP contribution is 2.17. The van der Waals surface area contributed by atoms with Gasteiger partial charge in [-0.25, -0.2) is 9.48 Å². The minimum atomic E-state index is -0.0971. The second-order valence-electron chi connectivity index (χ2n) is 6.40. The molecule has 0 spiro atoms. The van der Waals surface area contributed by atoms with Crippen LogP contribution in [0.4, 0.5) is 4.79 Å². The SMILES string of the molecule is Cc1nn(-c2ccccc2)c(C)c1CNC(=O)N(C)Cc1ccccc1. The van der Waals surface area contributed by atoms with Gasteiger partial charge in [0.1, 0.15) is 0 Å². The summed E-state index contributed by atoms with van der Waals surface area (Å²) in [7, 11) is 1.80. The van der Waals surface area contributed by atoms with Crippen LogP contribution in [0.3, 0.4) is 0 Å². The number of hydrogen-bond donors (Lipinski definition) is 1. The Balaban J connectivity index is 1.66. The maximum atomic E-state index is 12.4. The number of aryl methyl sites for hydroxylation is 1. The zero-order chi connectivity index (χ0) is 18.5. The molecule has 3 rings (SSSR count). The van der Waals surface area contributed by atoms with Crippen molar-refractivity contribution in [2.24, 2.45) is 0 Å². The van der Waals surface area contributed by atoms with E-state index in [0.29, 0.717) is 13.1 Å². The van der Waals surface area contributed by atoms with Crippen LogP contribution in [-0.4, -0.2) is 27.8 Å². The molecule has 1 heterocycles. The molecule has 5 heteroatoms. The molecule has 0 radical (unpaired) electrons. The Bertz CT molecular complexity index is 872. The van der Waals surface area contributed by atoms with Gasteiger partial charge >= 0.3 is 6.03 Å². The first-order chi connectivity index (χ1) is 12.6. The highest BCUT2D eigenvalue weighted by Gasteiger charge is 2.15. The number of hydrogen-bond acceptors (Lipinski definition) is 2. The molecule has 26 heavy (non-hydrogen) atoms. The Kier molecular flexibility index (Phi) is 5.37. The number of benzene rings is 2. The number of para-hydroxylation sites is 1. The van der Waals surface area contributed by atoms with Crippen LogP contribution in [0.1, 0.15) is 22.5 Å². The maximum absolute atomic E-state index is 12.4. The van der Waals surface area contributed by atoms with Crippen molar-refractivity contribution in [3.63, 3.8) is 0 Å². The van der Waals surface area contributed by atoms with Gasteiger partial charge in [0, 0.05) is 31.4 Å². The van der Waals surface area contributed by atoms with Gasteiger partial charge in [0.05, 0.1) is 11.4 Å². The first kappa shape index (κ1) is 17.7. The lowest BCUT2D eigenvalue weighted by atomic mass is 10.2. The molecule has 1 aromatic heterocycles. The number of rotatable bonds is 5. The molecular formula is C21H24N4O. The third-order valence-electron chi connectivity index (χ3n) is 4.47. The third kappa shape index (κ3) is 3.94. The van der Waals surface area contributed by atoms with Crippen LogP contribution < -0.4 is 5.32 Å². The van der Waals surface area contributed by atoms with Gasteiger partial charge in [-0.1, -0.05) is 48.5 Å². The van der Waals surface area contributed by atoms with Crippen molar-refractivity contribution in [1.82, 2.24) is 20.0 Å². The molecule has 5 nitrogen and oxygen atoms in total. The standard InChI is InChI=1S/C21H24N4O/c1-16-20(17(2)25(23-16)19-12-8-5-9-13-19)14-22-21(26)24(3)15-18-10-6-4-7-11-18/h4-13H,14-15H2,1-3H3,(H,22,26). The number of carbonyl (C=O) groups is 1. The van der Waals surface area contributed by atoms with Gasteiger partial charge in [0.15, 0.2) is 0 Å². The molecule has 0 aliphatic heterocycles. The second kappa shape index (κ2) is 7.87. The molecular weight excluding hydrogens is 324 g/mol. The molecule has 1 N–H and O–H groups in total. The van der Waals surface area contributed by atoms with E-state index in [0.717, 1.165) is 28.2 Å². The van der Waals surface area contributed by atoms with Crippen LogP contribution in [-0.2, 0) is 13.1 Å². The molecule has 0 unspecified atom stereocenters. The van der Waals surface area contributed by atoms with E-state index in [-0.39, 0.29) is 6.03 Å². The van der Waals surface area contributed by atoms with E-state index >= 15 is 0 Å². The average Bonchev–Trinajstić information content (AvgIpc) is 2.95. The molecule has 0 aliphatic carbocycles. The van der Waals surface area contributed by atoms with Crippen molar-refractivity contribution in [3.8, 4) is 5.69 Å². The quantitative estimate of drug-likeness (QED) is 0.762. The van der Waals surface area contributed by atoms with Gasteiger partial charge in [-0.05, 0) is 31.5 Å². The zero-order valence-electron chi connectivity index (χ0n) is 15.4. The molecule has 0 bridgehead atoms. The summed E-state index contributed by atoms with van der Waals surface area (Å²) in [6, 6.07) is 19.9. The van der Waals surface area contributed by atoms with Gasteiger partial charge in [0.25, 0.3) is 0 Å². The largest absolute Gasteiger partial charge is 0.334 e. The van der Waals surface area contributed by atoms with Crippen LogP contribution in [0.15, 0.2) is 60.7 Å². The van der Waals surface area contributed by atoms with Crippen molar-refractivity contribution >= 4 is 6.03 Å². The van der Waals surface area contributed by atoms with E-state index in [2.05, 4.69) is 10.4 Å². The van der Waals surface area contributed by atoms with E-state index in [4.69, 9.17) is 0 Å². The normalized spacial score (nSPS) is 10.6. The summed E-state index contributed by atoms with van der Waals surface area (Å²) in [5.41, 5.74) is 5.15. The van der Waals surface area contributed by atoms with Crippen LogP contribution in [0.2, 0.25) is 0 Å². The number of nitrogens with zero attached hydrogens (tertiary/aromatic N) is 3. The lowest BCUT2D eigenvalue weighted by Crippen LogP contribution is -2.36. The molecule has 2 aromatic carbocycles. The average molecular weight is 348 g/mol. The Morgan fingerprint density at radius 1 is 1.04 bits per heavy atom. The summed E-state index contributed by atoms with van der Waals surface area (Å²) in [6.45, 7) is 5.04. The highest BCUT2D eigenvalue weighted by molar-refractivity contribution is 5.73. The second-order valence-corrected chi connectivity index (χ2v) is 6.40. The van der Waals surface area contributed by atoms with Crippen LogP contribution in [0.25, 0.3) is 5.69 Å². The predicted molar refractivity (Wildman–Crippen MR) is 103 cm³/mol. The number of aromatic nitrogens is 2. The van der Waals surface area contributed by atoms with Gasteiger partial charge < -0.3 is 10.2 Å². The minimum absolute atomic E-state index is 0.0971. The van der Waals surface area contributed by atoms with Gasteiger partial charge in [-0.15, -0.1) is 0 Å². The number of urea groups is 1. The Morgan fingerprint density at radius 2 is 1.65 bits per heavy atom. The fraction of sp³-hybridized carbons (Fsp3) is 0.238. The van der Waals surface area contributed by atoms with Crippen LogP contribution in [0, 0.1) is 13.8 Å². The first-order valence-corrected chi connectivity index (χ1v) is 8.69. The predicted octanol–water partition coefficient (Wildman–Crippen LogP) is 3.83. The third-order valence-corrected chi connectivity index (χ3v) is 4.47. The summed E-state index contributed by atoms with van der Waals surface area (Å²) in [5, 5.41) is 7.62. The van der Waals surface area contributed by atoms with Gasteiger partial charge in [0.2, 0.25) is 0 Å². The lowest BCUT2D eigenvalue weighted by Gasteiger charge is -2.18. The van der Waals surface area contributed by atoms with E-state index in [1.807, 2.05) is 79.2 Å². The monoisotopic (exact) mass is 348 g/mol. The van der Waals surface area contributed by atoms with Crippen molar-refractivity contribution in [2.45, 2.75) is 26.9 Å². The Labute approximate surface area is 154 Å². The summed E-state index contributed by atoms with van der Waals surface area (Å²) in [4.78, 5) is 14.1. The number of amides is 2. The molecule has 0 saturated heterocycles. The van der Waals surface area contributed by atoms with E-state index in [9.17, 15) is 4.79 Å². The van der Waals surface area contributed by atoms with E-state index < -0.39 is 0 Å². The molecule has 0 saturated carbocycles. The number of nitrogens with one attached hydrogen (secondary N) is 1. The Morgan fingerprint density at radius 3 is 2.31 bits per heavy atom. The smallest absolute Gasteiger partial charge is 0.317 e. The van der Waals surface area contributed by atoms with E-state index in [1.165, 1.54) is 0 Å². The summed E-state index contributed by atoms with van der Waals surface area (Å²) in [5.74, 6) is 0. The molecule has 0 aliphatic rings. The lowest BCUT2D eigenvalue weighted by molar-refractivity contribution is 0.206. The molecule has 0 atom stereocenters. The van der Waals surface area contributed by atoms with Crippen molar-refractivity contribution in [3.05, 3.63) is 83.2 Å². The fourth-order valence-electron chi connectivity index (χ4n) is 2.98. The van der Waals surface area contributed by atoms with Crippen molar-refractivity contribution < 1.29 is 4.79 Å². The van der Waals surface area contributed by atoms with Crippen molar-refractivity contribution in [2.75, 3.05) is 7.05 Å². The van der Waals surface area contributed by atoms with Gasteiger partial charge in [-0.2, -0.15) is 5.10 Å². The topological polar surface area (TPSA) is 50.2 Å². The van der Waals surface area contributed by atoms with Gasteiger partial charge in [-0.3, -0.25) is 0 Å². The van der Waals surface area contributed by atoms with E-state index in [1.54, 1.807) is 11.9 Å². The first-order valence-electron chi connectivity index (χ1n) is 8.69. The number of carbonyl (C=O) groups excluding carboxylic acids is 1. The fourth-order valence-corrected chi connectivity index (χ4v) is 2.98. The highest BCUT2D eigenvalue weighted by atomic mass is 16.2. The van der Waals surface area contributed by atoms with Crippen LogP contribution >= 0.6 is 0 Å². The maximum Gasteiger partial charge on any atom is 0.317 e. The zero-order valence-corrected chi connectivity index (χ0v) is 15.4. The summed E-state index contributed by atoms with van der Waals surface area (Å²) >= 11 is 0.